The van der Waals surface area contributed by atoms with E-state index in [1.54, 1.807) is 13.1 Å². The van der Waals surface area contributed by atoms with Gasteiger partial charge in [-0.15, -0.1) is 0 Å². The molecule has 0 saturated heterocycles. The number of hydrogen-bond acceptors (Lipinski definition) is 3. The Morgan fingerprint density at radius 3 is 2.47 bits per heavy atom. The fourth-order valence-electron chi connectivity index (χ4n) is 1.91. The third-order valence-electron chi connectivity index (χ3n) is 3.08. The number of halogens is 1. The van der Waals surface area contributed by atoms with Gasteiger partial charge in [-0.25, -0.2) is 4.98 Å². The van der Waals surface area contributed by atoms with Crippen molar-refractivity contribution in [2.75, 3.05) is 5.32 Å². The van der Waals surface area contributed by atoms with E-state index in [9.17, 15) is 4.79 Å². The Balaban J connectivity index is 2.28. The normalized spacial score (nSPS) is 10.6. The fraction of sp³-hybridized carbons (Fsp3) is 0.286. The molecule has 19 heavy (non-hydrogen) atoms. The lowest BCUT2D eigenvalue weighted by atomic mass is 10.1. The number of aryl methyl sites for hydroxylation is 3. The summed E-state index contributed by atoms with van der Waals surface area (Å²) >= 11 is 3.38. The van der Waals surface area contributed by atoms with Crippen LogP contribution in [-0.2, 0) is 0 Å². The number of amides is 1. The van der Waals surface area contributed by atoms with Crippen molar-refractivity contribution < 1.29 is 9.21 Å². The third-order valence-corrected chi connectivity index (χ3v) is 3.91. The molecule has 0 aliphatic rings. The summed E-state index contributed by atoms with van der Waals surface area (Å²) in [5, 5.41) is 2.79. The zero-order chi connectivity index (χ0) is 14.2. The molecule has 5 heteroatoms. The van der Waals surface area contributed by atoms with Crippen LogP contribution in [0.2, 0.25) is 0 Å². The van der Waals surface area contributed by atoms with Crippen molar-refractivity contribution in [1.29, 1.82) is 0 Å². The van der Waals surface area contributed by atoms with Crippen LogP contribution in [0.4, 0.5) is 5.82 Å². The van der Waals surface area contributed by atoms with Gasteiger partial charge in [0.05, 0.1) is 5.56 Å². The molecule has 2 rings (SSSR count). The molecular formula is C14H15BrN2O2. The van der Waals surface area contributed by atoms with Gasteiger partial charge in [0.25, 0.3) is 5.91 Å². The Kier molecular flexibility index (Phi) is 3.75. The van der Waals surface area contributed by atoms with Crippen molar-refractivity contribution in [3.05, 3.63) is 44.9 Å². The lowest BCUT2D eigenvalue weighted by molar-refractivity contribution is 0.102. The first-order valence-electron chi connectivity index (χ1n) is 5.90. The van der Waals surface area contributed by atoms with Gasteiger partial charge in [0.2, 0.25) is 0 Å². The second-order valence-corrected chi connectivity index (χ2v) is 5.34. The summed E-state index contributed by atoms with van der Waals surface area (Å²) in [6.07, 6.45) is 1.67. The molecule has 0 spiro atoms. The zero-order valence-electron chi connectivity index (χ0n) is 11.3. The van der Waals surface area contributed by atoms with Gasteiger partial charge in [0, 0.05) is 16.2 Å². The predicted molar refractivity (Wildman–Crippen MR) is 77.5 cm³/mol. The molecule has 0 saturated carbocycles. The smallest absolute Gasteiger partial charge is 0.260 e. The summed E-state index contributed by atoms with van der Waals surface area (Å²) in [6, 6.07) is 1.82. The third kappa shape index (κ3) is 2.71. The highest BCUT2D eigenvalue weighted by Gasteiger charge is 2.18. The minimum absolute atomic E-state index is 0.193. The first kappa shape index (κ1) is 13.8. The van der Waals surface area contributed by atoms with E-state index < -0.39 is 0 Å². The predicted octanol–water partition coefficient (Wildman–Crippen LogP) is 3.92. The SMILES string of the molecule is Cc1cc(NC(=O)c2c(C)oc(C)c2C)ncc1Br. The summed E-state index contributed by atoms with van der Waals surface area (Å²) in [4.78, 5) is 16.4. The highest BCUT2D eigenvalue weighted by Crippen LogP contribution is 2.22. The van der Waals surface area contributed by atoms with Crippen molar-refractivity contribution in [1.82, 2.24) is 4.98 Å². The second-order valence-electron chi connectivity index (χ2n) is 4.49. The van der Waals surface area contributed by atoms with Gasteiger partial charge in [0.1, 0.15) is 17.3 Å². The molecule has 0 fully saturated rings. The minimum atomic E-state index is -0.193. The highest BCUT2D eigenvalue weighted by atomic mass is 79.9. The largest absolute Gasteiger partial charge is 0.466 e. The van der Waals surface area contributed by atoms with E-state index >= 15 is 0 Å². The molecule has 1 amide bonds. The maximum atomic E-state index is 12.2. The van der Waals surface area contributed by atoms with Crippen molar-refractivity contribution >= 4 is 27.7 Å². The van der Waals surface area contributed by atoms with E-state index in [-0.39, 0.29) is 5.91 Å². The second kappa shape index (κ2) is 5.17. The van der Waals surface area contributed by atoms with Gasteiger partial charge < -0.3 is 9.73 Å². The van der Waals surface area contributed by atoms with Gasteiger partial charge in [-0.3, -0.25) is 4.79 Å². The van der Waals surface area contributed by atoms with Crippen molar-refractivity contribution in [2.45, 2.75) is 27.7 Å². The van der Waals surface area contributed by atoms with Crippen LogP contribution in [0.3, 0.4) is 0 Å². The molecule has 2 heterocycles. The van der Waals surface area contributed by atoms with Gasteiger partial charge in [0.15, 0.2) is 0 Å². The van der Waals surface area contributed by atoms with Crippen molar-refractivity contribution in [3.8, 4) is 0 Å². The molecule has 0 atom stereocenters. The summed E-state index contributed by atoms with van der Waals surface area (Å²) in [6.45, 7) is 7.46. The lowest BCUT2D eigenvalue weighted by Gasteiger charge is -2.06. The van der Waals surface area contributed by atoms with E-state index in [4.69, 9.17) is 4.42 Å². The van der Waals surface area contributed by atoms with Crippen LogP contribution in [0.25, 0.3) is 0 Å². The van der Waals surface area contributed by atoms with Crippen LogP contribution in [0.15, 0.2) is 21.2 Å². The standard InChI is InChI=1S/C14H15BrN2O2/c1-7-5-12(16-6-11(7)15)17-14(18)13-8(2)9(3)19-10(13)4/h5-6H,1-4H3,(H,16,17,18). The van der Waals surface area contributed by atoms with Gasteiger partial charge in [-0.05, 0) is 55.3 Å². The maximum absolute atomic E-state index is 12.2. The average molecular weight is 323 g/mol. The number of carbonyl (C=O) groups excluding carboxylic acids is 1. The van der Waals surface area contributed by atoms with Gasteiger partial charge in [-0.2, -0.15) is 0 Å². The quantitative estimate of drug-likeness (QED) is 0.911. The van der Waals surface area contributed by atoms with E-state index in [0.29, 0.717) is 17.1 Å². The molecule has 100 valence electrons. The molecule has 0 aromatic carbocycles. The van der Waals surface area contributed by atoms with Gasteiger partial charge in [-0.1, -0.05) is 0 Å². The zero-order valence-corrected chi connectivity index (χ0v) is 12.9. The molecule has 0 aliphatic carbocycles. The number of pyridine rings is 1. The Bertz CT molecular complexity index is 647. The molecule has 0 bridgehead atoms. The molecule has 0 radical (unpaired) electrons. The highest BCUT2D eigenvalue weighted by molar-refractivity contribution is 9.10. The maximum Gasteiger partial charge on any atom is 0.260 e. The number of hydrogen-bond donors (Lipinski definition) is 1. The van der Waals surface area contributed by atoms with Crippen LogP contribution >= 0.6 is 15.9 Å². The number of nitrogens with one attached hydrogen (secondary N) is 1. The first-order chi connectivity index (χ1) is 8.90. The summed E-state index contributed by atoms with van der Waals surface area (Å²) in [7, 11) is 0. The Hall–Kier alpha value is -1.62. The Labute approximate surface area is 120 Å². The first-order valence-corrected chi connectivity index (χ1v) is 6.69. The monoisotopic (exact) mass is 322 g/mol. The van der Waals surface area contributed by atoms with Crippen LogP contribution in [0.5, 0.6) is 0 Å². The fourth-order valence-corrected chi connectivity index (χ4v) is 2.13. The van der Waals surface area contributed by atoms with Crippen LogP contribution in [0.1, 0.15) is 33.0 Å². The molecule has 2 aromatic heterocycles. The number of nitrogens with zero attached hydrogens (tertiary/aromatic N) is 1. The van der Waals surface area contributed by atoms with Crippen LogP contribution in [-0.4, -0.2) is 10.9 Å². The lowest BCUT2D eigenvalue weighted by Crippen LogP contribution is -2.14. The molecular weight excluding hydrogens is 308 g/mol. The van der Waals surface area contributed by atoms with Crippen LogP contribution in [0, 0.1) is 27.7 Å². The number of carbonyl (C=O) groups is 1. The van der Waals surface area contributed by atoms with E-state index in [1.165, 1.54) is 0 Å². The number of anilines is 1. The number of furan rings is 1. The molecule has 2 aromatic rings. The summed E-state index contributed by atoms with van der Waals surface area (Å²) in [5.74, 6) is 1.73. The molecule has 0 unspecified atom stereocenters. The molecule has 4 nitrogen and oxygen atoms in total. The Morgan fingerprint density at radius 1 is 1.26 bits per heavy atom. The minimum Gasteiger partial charge on any atom is -0.466 e. The van der Waals surface area contributed by atoms with Crippen molar-refractivity contribution in [2.24, 2.45) is 0 Å². The van der Waals surface area contributed by atoms with E-state index in [0.717, 1.165) is 21.4 Å². The summed E-state index contributed by atoms with van der Waals surface area (Å²) < 4.78 is 6.37. The summed E-state index contributed by atoms with van der Waals surface area (Å²) in [5.41, 5.74) is 2.46. The van der Waals surface area contributed by atoms with E-state index in [2.05, 4.69) is 26.2 Å². The average Bonchev–Trinajstić information content (AvgIpc) is 2.58. The number of rotatable bonds is 2. The Morgan fingerprint density at radius 2 is 1.95 bits per heavy atom. The number of aromatic nitrogens is 1. The van der Waals surface area contributed by atoms with Gasteiger partial charge >= 0.3 is 0 Å². The van der Waals surface area contributed by atoms with Crippen LogP contribution < -0.4 is 5.32 Å². The van der Waals surface area contributed by atoms with E-state index in [1.807, 2.05) is 26.8 Å². The molecule has 1 N–H and O–H groups in total. The molecule has 0 aliphatic heterocycles. The topological polar surface area (TPSA) is 55.1 Å². The van der Waals surface area contributed by atoms with Crippen molar-refractivity contribution in [3.63, 3.8) is 0 Å².